The predicted octanol–water partition coefficient (Wildman–Crippen LogP) is 1.93. The van der Waals surface area contributed by atoms with Crippen LogP contribution in [0.15, 0.2) is 24.7 Å². The number of hydrogen-bond acceptors (Lipinski definition) is 3. The second-order valence-electron chi connectivity index (χ2n) is 3.20. The molecule has 2 aromatic rings. The van der Waals surface area contributed by atoms with Crippen LogP contribution < -0.4 is 0 Å². The summed E-state index contributed by atoms with van der Waals surface area (Å²) < 4.78 is 1.41. The van der Waals surface area contributed by atoms with Gasteiger partial charge in [-0.3, -0.25) is 4.98 Å². The standard InChI is InChI=1S/C10H8ClN3O2/c1-6-8(11)5-14(13-6)9-4-12-3-2-7(9)10(15)16/h2-5H,1H3,(H,15,16). The molecule has 5 nitrogen and oxygen atoms in total. The van der Waals surface area contributed by atoms with Crippen molar-refractivity contribution < 1.29 is 9.90 Å². The SMILES string of the molecule is Cc1nn(-c2cnccc2C(=O)O)cc1Cl. The predicted molar refractivity (Wildman–Crippen MR) is 58.1 cm³/mol. The Morgan fingerprint density at radius 2 is 2.31 bits per heavy atom. The molecule has 0 saturated heterocycles. The van der Waals surface area contributed by atoms with Crippen LogP contribution in [0, 0.1) is 6.92 Å². The highest BCUT2D eigenvalue weighted by Gasteiger charge is 2.13. The first-order chi connectivity index (χ1) is 7.59. The number of carboxylic acid groups (broad SMARTS) is 1. The molecule has 2 heterocycles. The Bertz CT molecular complexity index is 531. The summed E-state index contributed by atoms with van der Waals surface area (Å²) in [7, 11) is 0. The molecule has 0 amide bonds. The van der Waals surface area contributed by atoms with Gasteiger partial charge in [-0.15, -0.1) is 0 Å². The average molecular weight is 238 g/mol. The van der Waals surface area contributed by atoms with Gasteiger partial charge in [-0.2, -0.15) is 5.10 Å². The molecule has 0 aliphatic rings. The fourth-order valence-electron chi connectivity index (χ4n) is 1.31. The molecule has 0 spiro atoms. The summed E-state index contributed by atoms with van der Waals surface area (Å²) >= 11 is 5.86. The molecule has 0 unspecified atom stereocenters. The van der Waals surface area contributed by atoms with E-state index in [-0.39, 0.29) is 5.56 Å². The highest BCUT2D eigenvalue weighted by molar-refractivity contribution is 6.31. The number of aryl methyl sites for hydroxylation is 1. The molecule has 82 valence electrons. The van der Waals surface area contributed by atoms with Crippen LogP contribution in [0.3, 0.4) is 0 Å². The maximum absolute atomic E-state index is 11.0. The second kappa shape index (κ2) is 3.94. The van der Waals surface area contributed by atoms with Crippen molar-refractivity contribution in [3.63, 3.8) is 0 Å². The first-order valence-electron chi connectivity index (χ1n) is 4.49. The minimum Gasteiger partial charge on any atom is -0.478 e. The van der Waals surface area contributed by atoms with Crippen LogP contribution in [-0.2, 0) is 0 Å². The molecule has 0 aliphatic carbocycles. The summed E-state index contributed by atoms with van der Waals surface area (Å²) in [6.07, 6.45) is 4.41. The number of aromatic nitrogens is 3. The largest absolute Gasteiger partial charge is 0.478 e. The van der Waals surface area contributed by atoms with Crippen molar-refractivity contribution in [2.45, 2.75) is 6.92 Å². The van der Waals surface area contributed by atoms with E-state index in [1.54, 1.807) is 13.1 Å². The van der Waals surface area contributed by atoms with Gasteiger partial charge in [-0.25, -0.2) is 9.48 Å². The van der Waals surface area contributed by atoms with Crippen LogP contribution in [0.4, 0.5) is 0 Å². The van der Waals surface area contributed by atoms with Crippen molar-refractivity contribution in [3.8, 4) is 5.69 Å². The van der Waals surface area contributed by atoms with Crippen molar-refractivity contribution in [1.82, 2.24) is 14.8 Å². The van der Waals surface area contributed by atoms with Crippen molar-refractivity contribution in [3.05, 3.63) is 40.9 Å². The lowest BCUT2D eigenvalue weighted by atomic mass is 10.2. The number of carboxylic acids is 1. The van der Waals surface area contributed by atoms with Gasteiger partial charge in [0.1, 0.15) is 0 Å². The zero-order valence-corrected chi connectivity index (χ0v) is 9.14. The fraction of sp³-hybridized carbons (Fsp3) is 0.100. The van der Waals surface area contributed by atoms with Gasteiger partial charge in [-0.1, -0.05) is 11.6 Å². The summed E-state index contributed by atoms with van der Waals surface area (Å²) in [6, 6.07) is 1.42. The monoisotopic (exact) mass is 237 g/mol. The zero-order chi connectivity index (χ0) is 11.7. The summed E-state index contributed by atoms with van der Waals surface area (Å²) in [5, 5.41) is 13.6. The second-order valence-corrected chi connectivity index (χ2v) is 3.61. The highest BCUT2D eigenvalue weighted by atomic mass is 35.5. The van der Waals surface area contributed by atoms with Gasteiger partial charge >= 0.3 is 5.97 Å². The first-order valence-corrected chi connectivity index (χ1v) is 4.87. The number of carbonyl (C=O) groups is 1. The van der Waals surface area contributed by atoms with E-state index in [1.165, 1.54) is 23.1 Å². The molecule has 6 heteroatoms. The van der Waals surface area contributed by atoms with Gasteiger partial charge < -0.3 is 5.11 Å². The molecule has 0 aliphatic heterocycles. The van der Waals surface area contributed by atoms with Crippen LogP contribution in [0.25, 0.3) is 5.69 Å². The van der Waals surface area contributed by atoms with E-state index in [4.69, 9.17) is 16.7 Å². The molecule has 2 aromatic heterocycles. The van der Waals surface area contributed by atoms with E-state index in [1.807, 2.05) is 0 Å². The number of rotatable bonds is 2. The molecular weight excluding hydrogens is 230 g/mol. The summed E-state index contributed by atoms with van der Waals surface area (Å²) in [5.74, 6) is -1.03. The van der Waals surface area contributed by atoms with E-state index in [2.05, 4.69) is 10.1 Å². The average Bonchev–Trinajstić information content (AvgIpc) is 2.59. The number of pyridine rings is 1. The highest BCUT2D eigenvalue weighted by Crippen LogP contribution is 2.18. The summed E-state index contributed by atoms with van der Waals surface area (Å²) in [5.41, 5.74) is 1.17. The Kier molecular flexibility index (Phi) is 2.62. The van der Waals surface area contributed by atoms with Gasteiger partial charge in [0.25, 0.3) is 0 Å². The number of halogens is 1. The van der Waals surface area contributed by atoms with Gasteiger partial charge in [-0.05, 0) is 13.0 Å². The third-order valence-electron chi connectivity index (χ3n) is 2.12. The molecule has 1 N–H and O–H groups in total. The van der Waals surface area contributed by atoms with Crippen LogP contribution in [0.2, 0.25) is 5.02 Å². The third kappa shape index (κ3) is 1.77. The number of nitrogens with zero attached hydrogens (tertiary/aromatic N) is 3. The maximum atomic E-state index is 11.0. The maximum Gasteiger partial charge on any atom is 0.338 e. The molecule has 0 atom stereocenters. The topological polar surface area (TPSA) is 68.0 Å². The van der Waals surface area contributed by atoms with E-state index >= 15 is 0 Å². The van der Waals surface area contributed by atoms with Gasteiger partial charge in [0.15, 0.2) is 0 Å². The van der Waals surface area contributed by atoms with Crippen molar-refractivity contribution >= 4 is 17.6 Å². The van der Waals surface area contributed by atoms with Crippen LogP contribution in [-0.4, -0.2) is 25.8 Å². The van der Waals surface area contributed by atoms with E-state index in [0.29, 0.717) is 16.4 Å². The van der Waals surface area contributed by atoms with Crippen LogP contribution in [0.1, 0.15) is 16.1 Å². The Morgan fingerprint density at radius 1 is 1.56 bits per heavy atom. The molecule has 0 aromatic carbocycles. The minimum atomic E-state index is -1.03. The molecule has 2 rings (SSSR count). The third-order valence-corrected chi connectivity index (χ3v) is 2.49. The van der Waals surface area contributed by atoms with E-state index in [9.17, 15) is 4.79 Å². The number of aromatic carboxylic acids is 1. The number of hydrogen-bond donors (Lipinski definition) is 1. The van der Waals surface area contributed by atoms with Crippen molar-refractivity contribution in [1.29, 1.82) is 0 Å². The minimum absolute atomic E-state index is 0.133. The Hall–Kier alpha value is -1.88. The van der Waals surface area contributed by atoms with Gasteiger partial charge in [0.2, 0.25) is 0 Å². The Labute approximate surface area is 96.3 Å². The lowest BCUT2D eigenvalue weighted by Gasteiger charge is -2.04. The first kappa shape index (κ1) is 10.6. The molecule has 0 radical (unpaired) electrons. The Balaban J connectivity index is 2.59. The Morgan fingerprint density at radius 3 is 2.88 bits per heavy atom. The van der Waals surface area contributed by atoms with Crippen LogP contribution >= 0.6 is 11.6 Å². The molecule has 0 saturated carbocycles. The smallest absolute Gasteiger partial charge is 0.338 e. The van der Waals surface area contributed by atoms with E-state index in [0.717, 1.165) is 0 Å². The normalized spacial score (nSPS) is 10.4. The lowest BCUT2D eigenvalue weighted by Crippen LogP contribution is -2.06. The van der Waals surface area contributed by atoms with Crippen LogP contribution in [0.5, 0.6) is 0 Å². The fourth-order valence-corrected chi connectivity index (χ4v) is 1.44. The quantitative estimate of drug-likeness (QED) is 0.867. The van der Waals surface area contributed by atoms with Crippen molar-refractivity contribution in [2.75, 3.05) is 0 Å². The van der Waals surface area contributed by atoms with E-state index < -0.39 is 5.97 Å². The molecular formula is C10H8ClN3O2. The molecule has 0 fully saturated rings. The lowest BCUT2D eigenvalue weighted by molar-refractivity contribution is 0.0696. The van der Waals surface area contributed by atoms with Gasteiger partial charge in [0, 0.05) is 12.4 Å². The zero-order valence-electron chi connectivity index (χ0n) is 8.38. The summed E-state index contributed by atoms with van der Waals surface area (Å²) in [6.45, 7) is 1.75. The van der Waals surface area contributed by atoms with Gasteiger partial charge in [0.05, 0.1) is 28.2 Å². The summed E-state index contributed by atoms with van der Waals surface area (Å²) in [4.78, 5) is 14.9. The van der Waals surface area contributed by atoms with Crippen molar-refractivity contribution in [2.24, 2.45) is 0 Å². The molecule has 0 bridgehead atoms. The molecule has 16 heavy (non-hydrogen) atoms.